The van der Waals surface area contributed by atoms with Crippen LogP contribution in [0.3, 0.4) is 0 Å². The Morgan fingerprint density at radius 2 is 2.15 bits per heavy atom. The number of nitrogens with one attached hydrogen (secondary N) is 2. The van der Waals surface area contributed by atoms with Crippen LogP contribution in [0.5, 0.6) is 0 Å². The van der Waals surface area contributed by atoms with E-state index in [0.717, 1.165) is 18.7 Å². The molecule has 3 aromatic rings. The standard InChI is InChI=1S/C18H18ClN5O2.ClH/c1-2-23-15-7-8-20-9-11(15)18(26)24-17(23)12(10-21-24)16(25)22-14-6-4-3-5-13(14)19;/h3-6,10,20H,2,7-9H2,1H3,(H,22,25);1H. The van der Waals surface area contributed by atoms with Crippen LogP contribution in [0.1, 0.15) is 28.5 Å². The van der Waals surface area contributed by atoms with E-state index >= 15 is 0 Å². The molecule has 1 amide bonds. The first-order chi connectivity index (χ1) is 12.6. The number of aromatic nitrogens is 3. The van der Waals surface area contributed by atoms with Gasteiger partial charge in [-0.2, -0.15) is 9.61 Å². The maximum absolute atomic E-state index is 12.8. The summed E-state index contributed by atoms with van der Waals surface area (Å²) in [5.74, 6) is -0.344. The monoisotopic (exact) mass is 407 g/mol. The van der Waals surface area contributed by atoms with E-state index in [-0.39, 0.29) is 23.9 Å². The zero-order valence-electron chi connectivity index (χ0n) is 14.7. The van der Waals surface area contributed by atoms with Gasteiger partial charge in [0, 0.05) is 31.7 Å². The van der Waals surface area contributed by atoms with Crippen molar-refractivity contribution >= 4 is 41.2 Å². The average molecular weight is 408 g/mol. The largest absolute Gasteiger partial charge is 0.329 e. The van der Waals surface area contributed by atoms with Crippen molar-refractivity contribution in [3.63, 3.8) is 0 Å². The summed E-state index contributed by atoms with van der Waals surface area (Å²) in [4.78, 5) is 25.6. The molecule has 0 radical (unpaired) electrons. The van der Waals surface area contributed by atoms with E-state index in [1.165, 1.54) is 10.7 Å². The van der Waals surface area contributed by atoms with Gasteiger partial charge in [0.25, 0.3) is 11.5 Å². The molecule has 2 N–H and O–H groups in total. The third-order valence-corrected chi connectivity index (χ3v) is 4.98. The predicted molar refractivity (Wildman–Crippen MR) is 107 cm³/mol. The third kappa shape index (κ3) is 3.22. The van der Waals surface area contributed by atoms with Crippen LogP contribution in [-0.2, 0) is 19.5 Å². The number of fused-ring (bicyclic) bond motifs is 2. The number of anilines is 1. The number of nitrogens with zero attached hydrogens (tertiary/aromatic N) is 3. The fraction of sp³-hybridized carbons (Fsp3) is 0.278. The van der Waals surface area contributed by atoms with Gasteiger partial charge < -0.3 is 15.2 Å². The number of carbonyl (C=O) groups excluding carboxylic acids is 1. The van der Waals surface area contributed by atoms with Crippen LogP contribution < -0.4 is 16.2 Å². The summed E-state index contributed by atoms with van der Waals surface area (Å²) in [6, 6.07) is 7.02. The summed E-state index contributed by atoms with van der Waals surface area (Å²) >= 11 is 6.13. The average Bonchev–Trinajstić information content (AvgIpc) is 3.09. The van der Waals surface area contributed by atoms with E-state index in [2.05, 4.69) is 15.7 Å². The molecule has 0 saturated carbocycles. The fourth-order valence-electron chi connectivity index (χ4n) is 3.43. The van der Waals surface area contributed by atoms with E-state index in [1.807, 2.05) is 11.5 Å². The number of amides is 1. The van der Waals surface area contributed by atoms with Gasteiger partial charge in [-0.05, 0) is 19.1 Å². The van der Waals surface area contributed by atoms with Crippen LogP contribution >= 0.6 is 24.0 Å². The summed E-state index contributed by atoms with van der Waals surface area (Å²) in [6.07, 6.45) is 2.18. The zero-order chi connectivity index (χ0) is 18.3. The first-order valence-electron chi connectivity index (χ1n) is 8.50. The molecule has 2 aromatic heterocycles. The van der Waals surface area contributed by atoms with Crippen molar-refractivity contribution < 1.29 is 4.79 Å². The molecule has 4 rings (SSSR count). The summed E-state index contributed by atoms with van der Waals surface area (Å²) < 4.78 is 3.32. The number of hydrogen-bond acceptors (Lipinski definition) is 4. The van der Waals surface area contributed by atoms with Crippen LogP contribution in [-0.4, -0.2) is 26.6 Å². The number of aryl methyl sites for hydroxylation is 1. The predicted octanol–water partition coefficient (Wildman–Crippen LogP) is 2.49. The van der Waals surface area contributed by atoms with Crippen molar-refractivity contribution in [1.29, 1.82) is 0 Å². The van der Waals surface area contributed by atoms with Gasteiger partial charge in [0.1, 0.15) is 5.56 Å². The van der Waals surface area contributed by atoms with E-state index < -0.39 is 0 Å². The van der Waals surface area contributed by atoms with Crippen LogP contribution in [0.4, 0.5) is 5.69 Å². The Kier molecular flexibility index (Phi) is 5.55. The summed E-state index contributed by atoms with van der Waals surface area (Å²) in [7, 11) is 0. The highest BCUT2D eigenvalue weighted by atomic mass is 35.5. The normalized spacial score (nSPS) is 13.1. The Labute approximate surface area is 166 Å². The lowest BCUT2D eigenvalue weighted by molar-refractivity contribution is 0.102. The molecular formula is C18H19Cl2N5O2. The first-order valence-corrected chi connectivity index (χ1v) is 8.88. The maximum Gasteiger partial charge on any atom is 0.279 e. The highest BCUT2D eigenvalue weighted by Crippen LogP contribution is 2.23. The quantitative estimate of drug-likeness (QED) is 0.698. The summed E-state index contributed by atoms with van der Waals surface area (Å²) in [6.45, 7) is 3.96. The molecule has 0 saturated heterocycles. The third-order valence-electron chi connectivity index (χ3n) is 4.65. The molecular weight excluding hydrogens is 389 g/mol. The molecule has 0 unspecified atom stereocenters. The molecule has 0 aliphatic carbocycles. The topological polar surface area (TPSA) is 80.4 Å². The maximum atomic E-state index is 12.8. The molecule has 3 heterocycles. The van der Waals surface area contributed by atoms with Crippen molar-refractivity contribution in [2.45, 2.75) is 26.4 Å². The molecule has 0 fully saturated rings. The molecule has 0 bridgehead atoms. The Balaban J connectivity index is 0.00000210. The Bertz CT molecular complexity index is 1070. The number of halogens is 2. The SMILES string of the molecule is CCn1c2c(c(=O)n3ncc(C(=O)Nc4ccccc4Cl)c13)CNCC2.Cl. The van der Waals surface area contributed by atoms with Gasteiger partial charge in [-0.1, -0.05) is 23.7 Å². The highest BCUT2D eigenvalue weighted by Gasteiger charge is 2.24. The van der Waals surface area contributed by atoms with Crippen molar-refractivity contribution in [2.75, 3.05) is 11.9 Å². The van der Waals surface area contributed by atoms with Gasteiger partial charge in [0.2, 0.25) is 0 Å². The molecule has 1 aliphatic heterocycles. The molecule has 9 heteroatoms. The molecule has 0 spiro atoms. The van der Waals surface area contributed by atoms with E-state index in [4.69, 9.17) is 11.6 Å². The number of rotatable bonds is 3. The summed E-state index contributed by atoms with van der Waals surface area (Å²) in [5.41, 5.74) is 2.89. The lowest BCUT2D eigenvalue weighted by atomic mass is 10.1. The van der Waals surface area contributed by atoms with Crippen LogP contribution in [0.15, 0.2) is 35.3 Å². The minimum atomic E-state index is -0.344. The van der Waals surface area contributed by atoms with Gasteiger partial charge in [0.05, 0.1) is 22.5 Å². The number of hydrogen-bond donors (Lipinski definition) is 2. The number of benzene rings is 1. The minimum absolute atomic E-state index is 0. The van der Waals surface area contributed by atoms with Crippen molar-refractivity contribution in [3.8, 4) is 0 Å². The van der Waals surface area contributed by atoms with Gasteiger partial charge in [-0.25, -0.2) is 0 Å². The number of para-hydroxylation sites is 1. The second kappa shape index (κ2) is 7.72. The van der Waals surface area contributed by atoms with Crippen LogP contribution in [0, 0.1) is 0 Å². The van der Waals surface area contributed by atoms with Gasteiger partial charge in [-0.3, -0.25) is 9.59 Å². The zero-order valence-corrected chi connectivity index (χ0v) is 16.2. The molecule has 142 valence electrons. The van der Waals surface area contributed by atoms with Gasteiger partial charge >= 0.3 is 0 Å². The lowest BCUT2D eigenvalue weighted by Crippen LogP contribution is -2.36. The molecule has 27 heavy (non-hydrogen) atoms. The van der Waals surface area contributed by atoms with Crippen LogP contribution in [0.25, 0.3) is 5.65 Å². The Morgan fingerprint density at radius 3 is 2.89 bits per heavy atom. The smallest absolute Gasteiger partial charge is 0.279 e. The van der Waals surface area contributed by atoms with E-state index in [1.54, 1.807) is 24.3 Å². The van der Waals surface area contributed by atoms with E-state index in [0.29, 0.717) is 40.6 Å². The van der Waals surface area contributed by atoms with E-state index in [9.17, 15) is 9.59 Å². The summed E-state index contributed by atoms with van der Waals surface area (Å²) in [5, 5.41) is 10.7. The van der Waals surface area contributed by atoms with Crippen molar-refractivity contribution in [3.05, 3.63) is 62.7 Å². The lowest BCUT2D eigenvalue weighted by Gasteiger charge is -2.22. The fourth-order valence-corrected chi connectivity index (χ4v) is 3.61. The molecule has 0 atom stereocenters. The van der Waals surface area contributed by atoms with Crippen molar-refractivity contribution in [2.24, 2.45) is 0 Å². The first kappa shape index (κ1) is 19.4. The second-order valence-electron chi connectivity index (χ2n) is 6.13. The molecule has 1 aromatic carbocycles. The minimum Gasteiger partial charge on any atom is -0.329 e. The number of carbonyl (C=O) groups is 1. The molecule has 1 aliphatic rings. The second-order valence-corrected chi connectivity index (χ2v) is 6.54. The molecule has 7 nitrogen and oxygen atoms in total. The van der Waals surface area contributed by atoms with Gasteiger partial charge in [-0.15, -0.1) is 12.4 Å². The van der Waals surface area contributed by atoms with Gasteiger partial charge in [0.15, 0.2) is 5.65 Å². The van der Waals surface area contributed by atoms with Crippen molar-refractivity contribution in [1.82, 2.24) is 19.5 Å². The Hall–Kier alpha value is -2.35. The van der Waals surface area contributed by atoms with Crippen LogP contribution in [0.2, 0.25) is 5.02 Å². The highest BCUT2D eigenvalue weighted by molar-refractivity contribution is 6.34. The Morgan fingerprint density at radius 1 is 1.37 bits per heavy atom.